The molecule has 0 aromatic rings. The van der Waals surface area contributed by atoms with Gasteiger partial charge in [0, 0.05) is 19.5 Å². The van der Waals surface area contributed by atoms with E-state index in [0.717, 1.165) is 12.8 Å². The predicted molar refractivity (Wildman–Crippen MR) is 98.9 cm³/mol. The Morgan fingerprint density at radius 3 is 1.48 bits per heavy atom. The molecule has 0 aliphatic rings. The zero-order valence-corrected chi connectivity index (χ0v) is 15.6. The predicted octanol–water partition coefficient (Wildman–Crippen LogP) is 0.501. The van der Waals surface area contributed by atoms with Gasteiger partial charge in [-0.1, -0.05) is 58.3 Å². The van der Waals surface area contributed by atoms with Gasteiger partial charge in [-0.25, -0.2) is 0 Å². The average molecular weight is 367 g/mol. The van der Waals surface area contributed by atoms with Crippen molar-refractivity contribution < 1.29 is 35.2 Å². The van der Waals surface area contributed by atoms with Crippen molar-refractivity contribution in [2.24, 2.45) is 0 Å². The van der Waals surface area contributed by atoms with Crippen molar-refractivity contribution in [1.82, 2.24) is 5.32 Å². The Morgan fingerprint density at radius 2 is 1.16 bits per heavy atom. The topological polar surface area (TPSA) is 150 Å². The maximum absolute atomic E-state index is 10.2. The molecule has 0 saturated heterocycles. The van der Waals surface area contributed by atoms with E-state index in [1.807, 2.05) is 0 Å². The number of hydrogen-bond acceptors (Lipinski definition) is 7. The molecule has 0 rings (SSSR count). The fraction of sp³-hybridized carbons (Fsp3) is 0.938. The maximum atomic E-state index is 10.2. The van der Waals surface area contributed by atoms with Gasteiger partial charge in [-0.2, -0.15) is 0 Å². The van der Waals surface area contributed by atoms with E-state index in [4.69, 9.17) is 30.4 Å². The van der Waals surface area contributed by atoms with Crippen LogP contribution in [0, 0.1) is 0 Å². The normalized spacial score (nSPS) is 9.52. The fourth-order valence-electron chi connectivity index (χ4n) is 1.87. The minimum Gasteiger partial charge on any atom is -0.481 e. The molecule has 25 heavy (non-hydrogen) atoms. The molecular weight excluding hydrogens is 329 g/mol. The number of aliphatic hydroxyl groups is 2. The number of carbonyl (C=O) groups is 1. The lowest BCUT2D eigenvalue weighted by atomic mass is 10.1. The van der Waals surface area contributed by atoms with Crippen LogP contribution in [0.25, 0.3) is 0 Å². The maximum Gasteiger partial charge on any atom is 0.631 e. The molecule has 9 heteroatoms. The van der Waals surface area contributed by atoms with Gasteiger partial charge in [0.15, 0.2) is 0 Å². The number of rotatable bonds is 14. The first-order valence-corrected chi connectivity index (χ1v) is 9.10. The second-order valence-electron chi connectivity index (χ2n) is 5.52. The van der Waals surface area contributed by atoms with Crippen LogP contribution in [-0.2, 0) is 4.79 Å². The number of nitrogens with one attached hydrogen (secondary N) is 1. The number of carboxylic acid groups (broad SMARTS) is 1. The van der Waals surface area contributed by atoms with Crippen LogP contribution in [0.5, 0.6) is 0 Å². The van der Waals surface area contributed by atoms with Crippen LogP contribution in [0.15, 0.2) is 0 Å². The van der Waals surface area contributed by atoms with E-state index in [9.17, 15) is 4.79 Å². The highest BCUT2D eigenvalue weighted by Gasteiger charge is 1.96. The average Bonchev–Trinajstić information content (AvgIpc) is 2.54. The largest absolute Gasteiger partial charge is 0.631 e. The van der Waals surface area contributed by atoms with E-state index in [0.29, 0.717) is 19.5 Å². The van der Waals surface area contributed by atoms with Gasteiger partial charge in [-0.3, -0.25) is 4.79 Å². The van der Waals surface area contributed by atoms with Crippen LogP contribution < -0.4 is 5.32 Å². The first-order valence-electron chi connectivity index (χ1n) is 9.10. The van der Waals surface area contributed by atoms with Gasteiger partial charge >= 0.3 is 13.3 Å². The molecule has 0 bridgehead atoms. The van der Waals surface area contributed by atoms with Gasteiger partial charge in [-0.05, 0) is 6.42 Å². The van der Waals surface area contributed by atoms with E-state index in [1.165, 1.54) is 44.9 Å². The molecule has 0 aromatic carbocycles. The van der Waals surface area contributed by atoms with Crippen molar-refractivity contribution in [2.45, 2.75) is 71.1 Å². The Labute approximate surface area is 152 Å². The first-order chi connectivity index (χ1) is 11.9. The fourth-order valence-corrected chi connectivity index (χ4v) is 1.87. The van der Waals surface area contributed by atoms with Crippen LogP contribution >= 0.6 is 0 Å². The Kier molecular flexibility index (Phi) is 32.7. The molecule has 0 radical (unpaired) electrons. The Hall–Kier alpha value is -0.705. The van der Waals surface area contributed by atoms with Crippen LogP contribution in [0.1, 0.15) is 71.1 Å². The van der Waals surface area contributed by atoms with Gasteiger partial charge in [0.1, 0.15) is 0 Å². The van der Waals surface area contributed by atoms with Crippen molar-refractivity contribution in [2.75, 3.05) is 26.3 Å². The minimum absolute atomic E-state index is 0.139. The third kappa shape index (κ3) is 51.7. The molecule has 0 aliphatic carbocycles. The van der Waals surface area contributed by atoms with E-state index in [1.54, 1.807) is 0 Å². The third-order valence-electron chi connectivity index (χ3n) is 3.07. The summed E-state index contributed by atoms with van der Waals surface area (Å²) in [5.41, 5.74) is 0. The van der Waals surface area contributed by atoms with Crippen LogP contribution in [0.3, 0.4) is 0 Å². The Morgan fingerprint density at radius 1 is 0.800 bits per heavy atom. The molecule has 8 nitrogen and oxygen atoms in total. The van der Waals surface area contributed by atoms with Crippen molar-refractivity contribution in [1.29, 1.82) is 0 Å². The molecule has 0 fully saturated rings. The molecule has 0 amide bonds. The molecule has 152 valence electrons. The lowest BCUT2D eigenvalue weighted by Gasteiger charge is -2.00. The summed E-state index contributed by atoms with van der Waals surface area (Å²) in [5, 5.41) is 49.0. The summed E-state index contributed by atoms with van der Waals surface area (Å²) in [6, 6.07) is 0. The van der Waals surface area contributed by atoms with Crippen LogP contribution in [0.4, 0.5) is 0 Å². The highest BCUT2D eigenvalue weighted by atomic mass is 16.5. The van der Waals surface area contributed by atoms with Gasteiger partial charge in [-0.15, -0.1) is 0 Å². The molecule has 0 saturated carbocycles. The van der Waals surface area contributed by atoms with Gasteiger partial charge in [0.05, 0.1) is 13.2 Å². The van der Waals surface area contributed by atoms with E-state index >= 15 is 0 Å². The number of aliphatic hydroxyl groups excluding tert-OH is 2. The molecule has 0 heterocycles. The summed E-state index contributed by atoms with van der Waals surface area (Å²) in [4.78, 5) is 10.2. The highest BCUT2D eigenvalue weighted by molar-refractivity contribution is 6.30. The summed E-state index contributed by atoms with van der Waals surface area (Å²) in [6.45, 7) is 3.65. The minimum atomic E-state index is -2.17. The Bertz CT molecular complexity index is 240. The lowest BCUT2D eigenvalue weighted by molar-refractivity contribution is -0.137. The first kappa shape index (κ1) is 29.1. The SMILES string of the molecule is CCCCCCCCCCCC(=O)O.OB(O)O.OCCNCCO. The molecule has 0 aromatic heterocycles. The molecular formula is C16H38BNO7. The number of carboxylic acids is 1. The Balaban J connectivity index is -0.000000365. The van der Waals surface area contributed by atoms with Gasteiger partial charge in [0.25, 0.3) is 0 Å². The summed E-state index contributed by atoms with van der Waals surface area (Å²) < 4.78 is 0. The van der Waals surface area contributed by atoms with Crippen LogP contribution in [-0.4, -0.2) is 70.0 Å². The van der Waals surface area contributed by atoms with Crippen molar-refractivity contribution >= 4 is 13.3 Å². The van der Waals surface area contributed by atoms with E-state index in [2.05, 4.69) is 12.2 Å². The second kappa shape index (κ2) is 28.1. The molecule has 7 N–H and O–H groups in total. The lowest BCUT2D eigenvalue weighted by Crippen LogP contribution is -2.21. The number of unbranched alkanes of at least 4 members (excludes halogenated alkanes) is 8. The van der Waals surface area contributed by atoms with Crippen molar-refractivity contribution in [3.8, 4) is 0 Å². The standard InChI is InChI=1S/C12H24O2.C4H11NO2.BH3O3/c1-2-3-4-5-6-7-8-9-10-11-12(13)14;6-3-1-5-2-4-7;2-1(3)4/h2-11H2,1H3,(H,13,14);5-7H,1-4H2;2-4H. The van der Waals surface area contributed by atoms with E-state index < -0.39 is 13.3 Å². The van der Waals surface area contributed by atoms with Crippen molar-refractivity contribution in [3.63, 3.8) is 0 Å². The number of aliphatic carboxylic acids is 1. The second-order valence-corrected chi connectivity index (χ2v) is 5.52. The quantitative estimate of drug-likeness (QED) is 0.173. The monoisotopic (exact) mass is 367 g/mol. The summed E-state index contributed by atoms with van der Waals surface area (Å²) in [5.74, 6) is -0.659. The van der Waals surface area contributed by atoms with Gasteiger partial charge in [0.2, 0.25) is 0 Å². The summed E-state index contributed by atoms with van der Waals surface area (Å²) in [7, 11) is -2.17. The summed E-state index contributed by atoms with van der Waals surface area (Å²) in [6.07, 6.45) is 11.5. The smallest absolute Gasteiger partial charge is 0.481 e. The highest BCUT2D eigenvalue weighted by Crippen LogP contribution is 2.10. The zero-order valence-electron chi connectivity index (χ0n) is 15.6. The molecule has 0 atom stereocenters. The van der Waals surface area contributed by atoms with Crippen LogP contribution in [0.2, 0.25) is 0 Å². The zero-order chi connectivity index (χ0) is 19.8. The summed E-state index contributed by atoms with van der Waals surface area (Å²) >= 11 is 0. The molecule has 0 spiro atoms. The van der Waals surface area contributed by atoms with Gasteiger partial charge < -0.3 is 35.7 Å². The molecule has 0 unspecified atom stereocenters. The van der Waals surface area contributed by atoms with E-state index in [-0.39, 0.29) is 13.2 Å². The third-order valence-corrected chi connectivity index (χ3v) is 3.07. The molecule has 0 aliphatic heterocycles. The number of hydrogen-bond donors (Lipinski definition) is 7. The van der Waals surface area contributed by atoms with Crippen molar-refractivity contribution in [3.05, 3.63) is 0 Å².